The Hall–Kier alpha value is -3.95. The molecule has 2 fully saturated rings. The molecule has 0 bridgehead atoms. The molecule has 2 aliphatic heterocycles. The quantitative estimate of drug-likeness (QED) is 0.0578. The molecule has 0 radical (unpaired) electrons. The Morgan fingerprint density at radius 2 is 1.08 bits per heavy atom. The number of amides is 4. The lowest BCUT2D eigenvalue weighted by atomic mass is 9.99. The highest BCUT2D eigenvalue weighted by molar-refractivity contribution is 9.11. The fourth-order valence-corrected chi connectivity index (χ4v) is 10.0. The zero-order valence-electron chi connectivity index (χ0n) is 33.2. The van der Waals surface area contributed by atoms with Gasteiger partial charge in [0.1, 0.15) is 0 Å². The minimum absolute atomic E-state index is 0.00787. The third-order valence-corrected chi connectivity index (χ3v) is 14.0. The van der Waals surface area contributed by atoms with Gasteiger partial charge in [0.15, 0.2) is 0 Å². The van der Waals surface area contributed by atoms with Crippen LogP contribution in [0.25, 0.3) is 34.4 Å². The average Bonchev–Trinajstić information content (AvgIpc) is 3.81. The van der Waals surface area contributed by atoms with Crippen molar-refractivity contribution in [1.82, 2.24) is 20.4 Å². The molecule has 2 saturated heterocycles. The molecule has 4 aromatic carbocycles. The van der Waals surface area contributed by atoms with Gasteiger partial charge in [0.25, 0.3) is 0 Å². The number of hydrogen-bond donors (Lipinski definition) is 4. The summed E-state index contributed by atoms with van der Waals surface area (Å²) < 4.78 is 1.65. The fourth-order valence-electron chi connectivity index (χ4n) is 7.37. The predicted octanol–water partition coefficient (Wildman–Crippen LogP) is 8.72. The van der Waals surface area contributed by atoms with Crippen LogP contribution in [-0.4, -0.2) is 96.1 Å². The van der Waals surface area contributed by atoms with Gasteiger partial charge in [0, 0.05) is 119 Å². The van der Waals surface area contributed by atoms with E-state index in [2.05, 4.69) is 42.5 Å². The number of aliphatic hydroxyl groups excluding tert-OH is 2. The lowest BCUT2D eigenvalue weighted by molar-refractivity contribution is -0.128. The molecular formula is C46H46Br2Cl2N4O6S. The van der Waals surface area contributed by atoms with Crippen molar-refractivity contribution < 1.29 is 29.4 Å². The van der Waals surface area contributed by atoms with Gasteiger partial charge in [-0.3, -0.25) is 19.2 Å². The summed E-state index contributed by atoms with van der Waals surface area (Å²) in [4.78, 5) is 55.1. The Kier molecular flexibility index (Phi) is 17.1. The van der Waals surface area contributed by atoms with Gasteiger partial charge >= 0.3 is 0 Å². The molecule has 15 heteroatoms. The van der Waals surface area contributed by atoms with Crippen molar-refractivity contribution in [2.75, 3.05) is 52.5 Å². The van der Waals surface area contributed by atoms with Gasteiger partial charge in [-0.05, 0) is 71.5 Å². The summed E-state index contributed by atoms with van der Waals surface area (Å²) in [6.07, 6.45) is 8.32. The van der Waals surface area contributed by atoms with E-state index in [1.54, 1.807) is 22.0 Å². The Morgan fingerprint density at radius 1 is 0.672 bits per heavy atom. The highest BCUT2D eigenvalue weighted by atomic mass is 79.9. The number of nitrogens with one attached hydrogen (secondary N) is 2. The molecule has 2 atom stereocenters. The molecule has 320 valence electrons. The summed E-state index contributed by atoms with van der Waals surface area (Å²) in [5.41, 5.74) is 4.59. The van der Waals surface area contributed by atoms with Gasteiger partial charge in [0.2, 0.25) is 23.6 Å². The molecule has 4 aromatic rings. The van der Waals surface area contributed by atoms with Crippen LogP contribution < -0.4 is 10.6 Å². The predicted molar refractivity (Wildman–Crippen MR) is 250 cm³/mol. The minimum atomic E-state index is -0.278. The maximum Gasteiger partial charge on any atom is 0.244 e. The Balaban J connectivity index is 1.19. The summed E-state index contributed by atoms with van der Waals surface area (Å²) in [6, 6.07) is 23.1. The molecule has 6 rings (SSSR count). The highest BCUT2D eigenvalue weighted by Crippen LogP contribution is 2.48. The molecular weight excluding hydrogens is 967 g/mol. The molecule has 0 aliphatic carbocycles. The number of halogens is 4. The van der Waals surface area contributed by atoms with E-state index in [9.17, 15) is 29.4 Å². The number of aliphatic hydroxyl groups is 2. The summed E-state index contributed by atoms with van der Waals surface area (Å²) in [6.45, 7) is 2.89. The van der Waals surface area contributed by atoms with Crippen LogP contribution in [0.2, 0.25) is 10.0 Å². The van der Waals surface area contributed by atoms with E-state index < -0.39 is 0 Å². The number of hydrogen-bond acceptors (Lipinski definition) is 7. The first-order chi connectivity index (χ1) is 29.5. The standard InChI is InChI=1S/C46H46Br2Cl2N4O6S/c47-35-9-3-1-7-33(35)43-31(13-17-39(57)51-19-5-21-53-25-29(27-55)23-41(53)59)11-15-37(45(43)49)61-38-16-12-32(44(46(38)50)34-8-2-4-10-36(34)48)14-18-40(58)52-20-6-22-54-26-30(28-56)24-42(54)60/h1-4,7-18,29-30,55-56H,5-6,19-28H2,(H,51,57)(H,52,58)/b17-13+,18-14+/t29-,30-/m1/s1. The molecule has 0 spiro atoms. The van der Waals surface area contributed by atoms with E-state index in [-0.39, 0.29) is 48.7 Å². The second-order valence-corrected chi connectivity index (χ2v) is 18.4. The zero-order valence-corrected chi connectivity index (χ0v) is 38.7. The monoisotopic (exact) mass is 1010 g/mol. The fraction of sp³-hybridized carbons (Fsp3) is 0.304. The molecule has 0 saturated carbocycles. The van der Waals surface area contributed by atoms with Crippen LogP contribution in [0.4, 0.5) is 0 Å². The van der Waals surface area contributed by atoms with E-state index >= 15 is 0 Å². The normalized spacial score (nSPS) is 16.7. The van der Waals surface area contributed by atoms with Crippen molar-refractivity contribution in [3.63, 3.8) is 0 Å². The van der Waals surface area contributed by atoms with E-state index in [1.807, 2.05) is 72.8 Å². The van der Waals surface area contributed by atoms with Gasteiger partial charge in [-0.1, -0.05) is 115 Å². The molecule has 10 nitrogen and oxygen atoms in total. The number of carbonyl (C=O) groups is 4. The van der Waals surface area contributed by atoms with Crippen LogP contribution in [-0.2, 0) is 19.2 Å². The second-order valence-electron chi connectivity index (χ2n) is 14.9. The zero-order chi connectivity index (χ0) is 43.5. The lowest BCUT2D eigenvalue weighted by Crippen LogP contribution is -2.30. The largest absolute Gasteiger partial charge is 0.396 e. The van der Waals surface area contributed by atoms with Gasteiger partial charge in [-0.15, -0.1) is 0 Å². The average molecular weight is 1010 g/mol. The number of nitrogens with zero attached hydrogens (tertiary/aromatic N) is 2. The van der Waals surface area contributed by atoms with E-state index in [1.165, 1.54) is 23.9 Å². The summed E-state index contributed by atoms with van der Waals surface area (Å²) in [7, 11) is 0. The van der Waals surface area contributed by atoms with Crippen LogP contribution in [0, 0.1) is 11.8 Å². The van der Waals surface area contributed by atoms with Crippen molar-refractivity contribution in [3.05, 3.63) is 115 Å². The van der Waals surface area contributed by atoms with Gasteiger partial charge in [-0.2, -0.15) is 0 Å². The SMILES string of the molecule is O=C(/C=C/c1ccc(Sc2ccc(/C=C/C(=O)NCCCN3C[C@H](CO)CC3=O)c(-c3ccccc3Br)c2Cl)c(Cl)c1-c1ccccc1Br)NCCCN1C[C@H](CO)CC1=O. The molecule has 2 heterocycles. The van der Waals surface area contributed by atoms with Crippen molar-refractivity contribution in [2.24, 2.45) is 11.8 Å². The molecule has 0 unspecified atom stereocenters. The van der Waals surface area contributed by atoms with Crippen molar-refractivity contribution in [3.8, 4) is 22.3 Å². The van der Waals surface area contributed by atoms with E-state index in [0.29, 0.717) is 75.0 Å². The van der Waals surface area contributed by atoms with Gasteiger partial charge in [-0.25, -0.2) is 0 Å². The first-order valence-corrected chi connectivity index (χ1v) is 23.1. The summed E-state index contributed by atoms with van der Waals surface area (Å²) >= 11 is 23.3. The van der Waals surface area contributed by atoms with Gasteiger partial charge < -0.3 is 30.6 Å². The maximum atomic E-state index is 12.9. The van der Waals surface area contributed by atoms with Crippen molar-refractivity contribution in [1.29, 1.82) is 0 Å². The molecule has 2 aliphatic rings. The molecule has 61 heavy (non-hydrogen) atoms. The molecule has 4 N–H and O–H groups in total. The summed E-state index contributed by atoms with van der Waals surface area (Å²) in [5.74, 6) is -0.550. The minimum Gasteiger partial charge on any atom is -0.396 e. The number of rotatable bonds is 18. The van der Waals surface area contributed by atoms with Crippen LogP contribution in [0.15, 0.2) is 104 Å². The first kappa shape index (κ1) is 46.6. The van der Waals surface area contributed by atoms with Crippen LogP contribution in [0.1, 0.15) is 36.8 Å². The van der Waals surface area contributed by atoms with E-state index in [0.717, 1.165) is 52.1 Å². The maximum absolute atomic E-state index is 12.9. The number of benzene rings is 4. The van der Waals surface area contributed by atoms with Crippen LogP contribution in [0.5, 0.6) is 0 Å². The van der Waals surface area contributed by atoms with Crippen molar-refractivity contribution >= 4 is 103 Å². The van der Waals surface area contributed by atoms with E-state index in [4.69, 9.17) is 23.2 Å². The van der Waals surface area contributed by atoms with Crippen molar-refractivity contribution in [2.45, 2.75) is 35.5 Å². The summed E-state index contributed by atoms with van der Waals surface area (Å²) in [5, 5.41) is 25.5. The Morgan fingerprint density at radius 3 is 1.46 bits per heavy atom. The molecule has 4 amide bonds. The number of carbonyl (C=O) groups excluding carboxylic acids is 4. The van der Waals surface area contributed by atoms with Gasteiger partial charge in [0.05, 0.1) is 10.0 Å². The number of likely N-dealkylation sites (tertiary alicyclic amines) is 2. The van der Waals surface area contributed by atoms with Crippen LogP contribution in [0.3, 0.4) is 0 Å². The lowest BCUT2D eigenvalue weighted by Gasteiger charge is -2.17. The molecule has 0 aromatic heterocycles. The first-order valence-electron chi connectivity index (χ1n) is 20.0. The second kappa shape index (κ2) is 22.4. The Bertz CT molecular complexity index is 2170. The highest BCUT2D eigenvalue weighted by Gasteiger charge is 2.29. The van der Waals surface area contributed by atoms with Crippen LogP contribution >= 0.6 is 66.8 Å². The third-order valence-electron chi connectivity index (χ3n) is 10.5. The smallest absolute Gasteiger partial charge is 0.244 e. The third kappa shape index (κ3) is 12.2. The Labute approximate surface area is 387 Å². The topological polar surface area (TPSA) is 139 Å².